The molecule has 0 saturated carbocycles. The Bertz CT molecular complexity index is 734. The summed E-state index contributed by atoms with van der Waals surface area (Å²) in [4.78, 5) is 25.4. The minimum Gasteiger partial charge on any atom is -0.506 e. The fraction of sp³-hybridized carbons (Fsp3) is 0.294. The molecule has 114 valence electrons. The van der Waals surface area contributed by atoms with Gasteiger partial charge in [-0.25, -0.2) is 0 Å². The Balaban J connectivity index is 1.84. The highest BCUT2D eigenvalue weighted by atomic mass is 16.3. The van der Waals surface area contributed by atoms with Crippen molar-refractivity contribution in [2.75, 3.05) is 13.1 Å². The Morgan fingerprint density at radius 1 is 1.09 bits per heavy atom. The molecule has 0 radical (unpaired) electrons. The number of hydrogen-bond acceptors (Lipinski definition) is 3. The van der Waals surface area contributed by atoms with Crippen LogP contribution in [-0.4, -0.2) is 34.9 Å². The third-order valence-electron chi connectivity index (χ3n) is 4.32. The highest BCUT2D eigenvalue weighted by molar-refractivity contribution is 6.03. The summed E-state index contributed by atoms with van der Waals surface area (Å²) in [6.45, 7) is 0.970. The lowest BCUT2D eigenvalue weighted by Crippen LogP contribution is -2.41. The maximum atomic E-state index is 12.6. The monoisotopic (exact) mass is 298 g/mol. The molecule has 3 N–H and O–H groups in total. The van der Waals surface area contributed by atoms with Gasteiger partial charge in [-0.05, 0) is 24.3 Å². The maximum absolute atomic E-state index is 12.6. The van der Waals surface area contributed by atoms with Gasteiger partial charge in [0.2, 0.25) is 5.91 Å². The molecule has 0 bridgehead atoms. The number of piperidine rings is 1. The van der Waals surface area contributed by atoms with Crippen LogP contribution in [0.25, 0.3) is 10.8 Å². The van der Waals surface area contributed by atoms with E-state index in [9.17, 15) is 14.7 Å². The van der Waals surface area contributed by atoms with Gasteiger partial charge < -0.3 is 15.7 Å². The summed E-state index contributed by atoms with van der Waals surface area (Å²) in [6.07, 6.45) is 1.16. The number of hydrogen-bond donors (Lipinski definition) is 2. The number of fused-ring (bicyclic) bond motifs is 1. The molecule has 0 unspecified atom stereocenters. The number of likely N-dealkylation sites (tertiary alicyclic amines) is 1. The molecular formula is C17H18N2O3. The van der Waals surface area contributed by atoms with Crippen LogP contribution in [0, 0.1) is 5.92 Å². The highest BCUT2D eigenvalue weighted by Gasteiger charge is 2.27. The first-order chi connectivity index (χ1) is 10.6. The zero-order chi connectivity index (χ0) is 15.7. The van der Waals surface area contributed by atoms with E-state index in [0.29, 0.717) is 36.9 Å². The van der Waals surface area contributed by atoms with Gasteiger partial charge in [-0.15, -0.1) is 0 Å². The molecule has 0 aliphatic carbocycles. The Hall–Kier alpha value is -2.56. The van der Waals surface area contributed by atoms with E-state index in [2.05, 4.69) is 0 Å². The van der Waals surface area contributed by atoms with Crippen LogP contribution in [0.2, 0.25) is 0 Å². The van der Waals surface area contributed by atoms with Gasteiger partial charge in [0, 0.05) is 24.4 Å². The predicted molar refractivity (Wildman–Crippen MR) is 83.4 cm³/mol. The van der Waals surface area contributed by atoms with Crippen molar-refractivity contribution in [2.24, 2.45) is 11.7 Å². The molecule has 2 aromatic rings. The van der Waals surface area contributed by atoms with Crippen molar-refractivity contribution >= 4 is 22.6 Å². The molecule has 3 rings (SSSR count). The molecule has 0 aromatic heterocycles. The number of carbonyl (C=O) groups excluding carboxylic acids is 2. The highest BCUT2D eigenvalue weighted by Crippen LogP contribution is 2.30. The van der Waals surface area contributed by atoms with Gasteiger partial charge >= 0.3 is 0 Å². The Kier molecular flexibility index (Phi) is 3.71. The Morgan fingerprint density at radius 2 is 1.77 bits per heavy atom. The van der Waals surface area contributed by atoms with Crippen molar-refractivity contribution in [3.8, 4) is 5.75 Å². The van der Waals surface area contributed by atoms with Crippen LogP contribution < -0.4 is 5.73 Å². The van der Waals surface area contributed by atoms with Gasteiger partial charge in [0.1, 0.15) is 5.75 Å². The van der Waals surface area contributed by atoms with Crippen molar-refractivity contribution in [1.82, 2.24) is 4.90 Å². The normalized spacial score (nSPS) is 15.9. The first-order valence-corrected chi connectivity index (χ1v) is 7.37. The van der Waals surface area contributed by atoms with Crippen molar-refractivity contribution in [3.05, 3.63) is 42.0 Å². The van der Waals surface area contributed by atoms with Crippen LogP contribution in [0.15, 0.2) is 36.4 Å². The third kappa shape index (κ3) is 2.50. The largest absolute Gasteiger partial charge is 0.506 e. The van der Waals surface area contributed by atoms with Gasteiger partial charge in [0.15, 0.2) is 0 Å². The maximum Gasteiger partial charge on any atom is 0.257 e. The second-order valence-corrected chi connectivity index (χ2v) is 5.65. The molecule has 5 heteroatoms. The summed E-state index contributed by atoms with van der Waals surface area (Å²) < 4.78 is 0. The number of rotatable bonds is 2. The van der Waals surface area contributed by atoms with E-state index in [1.165, 1.54) is 0 Å². The molecule has 1 saturated heterocycles. The van der Waals surface area contributed by atoms with Gasteiger partial charge in [-0.1, -0.05) is 30.3 Å². The minimum atomic E-state index is -0.305. The van der Waals surface area contributed by atoms with Crippen LogP contribution in [0.4, 0.5) is 0 Å². The van der Waals surface area contributed by atoms with E-state index in [1.807, 2.05) is 24.3 Å². The van der Waals surface area contributed by atoms with E-state index in [-0.39, 0.29) is 23.5 Å². The minimum absolute atomic E-state index is 0.0140. The predicted octanol–water partition coefficient (Wildman–Crippen LogP) is 1.88. The van der Waals surface area contributed by atoms with E-state index in [1.54, 1.807) is 17.0 Å². The number of nitrogens with two attached hydrogens (primary N) is 1. The van der Waals surface area contributed by atoms with Crippen molar-refractivity contribution in [1.29, 1.82) is 0 Å². The van der Waals surface area contributed by atoms with Gasteiger partial charge in [-0.3, -0.25) is 9.59 Å². The third-order valence-corrected chi connectivity index (χ3v) is 4.32. The second-order valence-electron chi connectivity index (χ2n) is 5.65. The fourth-order valence-corrected chi connectivity index (χ4v) is 2.97. The molecule has 2 aromatic carbocycles. The van der Waals surface area contributed by atoms with Crippen LogP contribution >= 0.6 is 0 Å². The molecule has 1 aliphatic rings. The van der Waals surface area contributed by atoms with Gasteiger partial charge in [0.05, 0.1) is 5.56 Å². The Morgan fingerprint density at radius 3 is 2.45 bits per heavy atom. The number of nitrogens with zero attached hydrogens (tertiary/aromatic N) is 1. The molecule has 1 fully saturated rings. The molecule has 5 nitrogen and oxygen atoms in total. The lowest BCUT2D eigenvalue weighted by atomic mass is 9.95. The number of amides is 2. The molecule has 22 heavy (non-hydrogen) atoms. The molecule has 1 aliphatic heterocycles. The lowest BCUT2D eigenvalue weighted by Gasteiger charge is -2.30. The standard InChI is InChI=1S/C17H18N2O3/c18-16(21)12-7-9-19(10-8-12)17(22)14-6-5-11-3-1-2-4-13(11)15(14)20/h1-6,12,20H,7-10H2,(H2,18,21). The number of phenols is 1. The fourth-order valence-electron chi connectivity index (χ4n) is 2.97. The summed E-state index contributed by atoms with van der Waals surface area (Å²) >= 11 is 0. The van der Waals surface area contributed by atoms with Crippen LogP contribution in [0.3, 0.4) is 0 Å². The summed E-state index contributed by atoms with van der Waals surface area (Å²) in [5, 5.41) is 11.9. The van der Waals surface area contributed by atoms with Crippen molar-refractivity contribution in [3.63, 3.8) is 0 Å². The number of aromatic hydroxyl groups is 1. The first-order valence-electron chi connectivity index (χ1n) is 7.37. The molecule has 0 atom stereocenters. The van der Waals surface area contributed by atoms with Crippen molar-refractivity contribution in [2.45, 2.75) is 12.8 Å². The zero-order valence-electron chi connectivity index (χ0n) is 12.2. The molecule has 2 amide bonds. The van der Waals surface area contributed by atoms with E-state index < -0.39 is 0 Å². The zero-order valence-corrected chi connectivity index (χ0v) is 12.2. The lowest BCUT2D eigenvalue weighted by molar-refractivity contribution is -0.123. The average molecular weight is 298 g/mol. The number of carbonyl (C=O) groups is 2. The quantitative estimate of drug-likeness (QED) is 0.888. The molecule has 1 heterocycles. The number of benzene rings is 2. The number of phenolic OH excluding ortho intramolecular Hbond substituents is 1. The summed E-state index contributed by atoms with van der Waals surface area (Å²) in [5.74, 6) is -0.652. The van der Waals surface area contributed by atoms with Crippen LogP contribution in [0.1, 0.15) is 23.2 Å². The summed E-state index contributed by atoms with van der Waals surface area (Å²) in [7, 11) is 0. The van der Waals surface area contributed by atoms with E-state index in [4.69, 9.17) is 5.73 Å². The topological polar surface area (TPSA) is 83.6 Å². The van der Waals surface area contributed by atoms with Crippen molar-refractivity contribution < 1.29 is 14.7 Å². The van der Waals surface area contributed by atoms with E-state index in [0.717, 1.165) is 5.39 Å². The average Bonchev–Trinajstić information content (AvgIpc) is 2.55. The van der Waals surface area contributed by atoms with Gasteiger partial charge in [0.25, 0.3) is 5.91 Å². The SMILES string of the molecule is NC(=O)C1CCN(C(=O)c2ccc3ccccc3c2O)CC1. The smallest absolute Gasteiger partial charge is 0.257 e. The molecule has 0 spiro atoms. The summed E-state index contributed by atoms with van der Waals surface area (Å²) in [5.41, 5.74) is 5.61. The summed E-state index contributed by atoms with van der Waals surface area (Å²) in [6, 6.07) is 10.9. The van der Waals surface area contributed by atoms with Crippen LogP contribution in [0.5, 0.6) is 5.75 Å². The van der Waals surface area contributed by atoms with E-state index >= 15 is 0 Å². The second kappa shape index (κ2) is 5.67. The molecular weight excluding hydrogens is 280 g/mol. The number of primary amides is 1. The Labute approximate surface area is 128 Å². The van der Waals surface area contributed by atoms with Crippen LogP contribution in [-0.2, 0) is 4.79 Å². The first kappa shape index (κ1) is 14.4. The van der Waals surface area contributed by atoms with Gasteiger partial charge in [-0.2, -0.15) is 0 Å².